The molecule has 0 unspecified atom stereocenters. The van der Waals surface area contributed by atoms with Crippen LogP contribution in [0.25, 0.3) is 10.9 Å². The number of benzene rings is 1. The van der Waals surface area contributed by atoms with E-state index in [2.05, 4.69) is 47.3 Å². The summed E-state index contributed by atoms with van der Waals surface area (Å²) in [6.45, 7) is 4.42. The Kier molecular flexibility index (Phi) is 3.88. The Balaban J connectivity index is 1.53. The van der Waals surface area contributed by atoms with Crippen molar-refractivity contribution in [1.82, 2.24) is 9.88 Å². The number of aryl methyl sites for hydroxylation is 2. The molecule has 1 aromatic carbocycles. The third-order valence-corrected chi connectivity index (χ3v) is 4.29. The molecule has 0 atom stereocenters. The monoisotopic (exact) mass is 256 g/mol. The third-order valence-electron chi connectivity index (χ3n) is 4.29. The molecule has 0 saturated heterocycles. The van der Waals surface area contributed by atoms with Crippen molar-refractivity contribution < 1.29 is 0 Å². The molecule has 0 aliphatic heterocycles. The van der Waals surface area contributed by atoms with Crippen molar-refractivity contribution in [2.24, 2.45) is 0 Å². The first-order valence-corrected chi connectivity index (χ1v) is 7.62. The van der Waals surface area contributed by atoms with Gasteiger partial charge >= 0.3 is 0 Å². The molecule has 2 nitrogen and oxygen atoms in total. The number of hydrogen-bond acceptors (Lipinski definition) is 1. The first-order valence-electron chi connectivity index (χ1n) is 7.62. The zero-order valence-electron chi connectivity index (χ0n) is 11.9. The number of nitrogens with zero attached hydrogens (tertiary/aromatic N) is 1. The van der Waals surface area contributed by atoms with Crippen LogP contribution in [0.4, 0.5) is 0 Å². The van der Waals surface area contributed by atoms with Gasteiger partial charge in [-0.05, 0) is 56.3 Å². The Bertz CT molecular complexity index is 535. The van der Waals surface area contributed by atoms with Crippen molar-refractivity contribution >= 4 is 10.9 Å². The Morgan fingerprint density at radius 1 is 1.21 bits per heavy atom. The molecule has 1 N–H and O–H groups in total. The lowest BCUT2D eigenvalue weighted by Gasteiger charge is -2.12. The van der Waals surface area contributed by atoms with Crippen molar-refractivity contribution in [2.75, 3.05) is 6.54 Å². The van der Waals surface area contributed by atoms with Crippen LogP contribution >= 0.6 is 0 Å². The van der Waals surface area contributed by atoms with Crippen LogP contribution in [0.1, 0.15) is 37.7 Å². The second-order valence-electron chi connectivity index (χ2n) is 5.86. The predicted octanol–water partition coefficient (Wildman–Crippen LogP) is 3.87. The van der Waals surface area contributed by atoms with E-state index in [0.29, 0.717) is 0 Å². The fourth-order valence-corrected chi connectivity index (χ4v) is 3.20. The summed E-state index contributed by atoms with van der Waals surface area (Å²) in [4.78, 5) is 0. The maximum absolute atomic E-state index is 3.69. The lowest BCUT2D eigenvalue weighted by molar-refractivity contribution is 0.498. The third kappa shape index (κ3) is 3.01. The van der Waals surface area contributed by atoms with E-state index in [4.69, 9.17) is 0 Å². The number of hydrogen-bond donors (Lipinski definition) is 1. The van der Waals surface area contributed by atoms with Gasteiger partial charge in [-0.15, -0.1) is 0 Å². The van der Waals surface area contributed by atoms with Crippen LogP contribution < -0.4 is 5.32 Å². The van der Waals surface area contributed by atoms with Gasteiger partial charge in [0.25, 0.3) is 0 Å². The van der Waals surface area contributed by atoms with E-state index < -0.39 is 0 Å². The molecule has 1 heterocycles. The van der Waals surface area contributed by atoms with Gasteiger partial charge in [-0.1, -0.05) is 24.5 Å². The van der Waals surface area contributed by atoms with E-state index in [1.165, 1.54) is 48.6 Å². The molecule has 1 aliphatic carbocycles. The van der Waals surface area contributed by atoms with Crippen LogP contribution in [0.3, 0.4) is 0 Å². The minimum Gasteiger partial charge on any atom is -0.347 e. The zero-order valence-corrected chi connectivity index (χ0v) is 11.9. The summed E-state index contributed by atoms with van der Waals surface area (Å²) in [5.41, 5.74) is 2.71. The number of aromatic nitrogens is 1. The summed E-state index contributed by atoms with van der Waals surface area (Å²) >= 11 is 0. The first kappa shape index (κ1) is 12.7. The van der Waals surface area contributed by atoms with Gasteiger partial charge in [-0.3, -0.25) is 0 Å². The van der Waals surface area contributed by atoms with Gasteiger partial charge in [0.05, 0.1) is 0 Å². The number of nitrogens with one attached hydrogen (secondary N) is 1. The zero-order chi connectivity index (χ0) is 13.1. The van der Waals surface area contributed by atoms with Gasteiger partial charge in [0.15, 0.2) is 0 Å². The van der Waals surface area contributed by atoms with Gasteiger partial charge in [0.2, 0.25) is 0 Å². The highest BCUT2D eigenvalue weighted by Crippen LogP contribution is 2.19. The van der Waals surface area contributed by atoms with E-state index >= 15 is 0 Å². The van der Waals surface area contributed by atoms with Crippen LogP contribution in [-0.2, 0) is 6.54 Å². The van der Waals surface area contributed by atoms with Crippen LogP contribution in [-0.4, -0.2) is 17.2 Å². The topological polar surface area (TPSA) is 17.0 Å². The van der Waals surface area contributed by atoms with Gasteiger partial charge in [0.1, 0.15) is 0 Å². The van der Waals surface area contributed by atoms with Crippen molar-refractivity contribution in [3.8, 4) is 0 Å². The Morgan fingerprint density at radius 2 is 2.05 bits per heavy atom. The number of rotatable bonds is 5. The Hall–Kier alpha value is -1.28. The Labute approximate surface area is 115 Å². The summed E-state index contributed by atoms with van der Waals surface area (Å²) < 4.78 is 2.38. The van der Waals surface area contributed by atoms with Gasteiger partial charge in [-0.2, -0.15) is 0 Å². The fourth-order valence-electron chi connectivity index (χ4n) is 3.20. The molecule has 0 bridgehead atoms. The van der Waals surface area contributed by atoms with E-state index in [1.807, 2.05) is 0 Å². The standard InChI is InChI=1S/C17H24N2/c1-14-7-8-17-15(13-14)9-12-19(17)11-4-10-18-16-5-2-3-6-16/h7-9,12-13,16,18H,2-6,10-11H2,1H3. The molecule has 102 valence electrons. The van der Waals surface area contributed by atoms with Crippen LogP contribution in [0.2, 0.25) is 0 Å². The normalized spacial score (nSPS) is 16.5. The first-order chi connectivity index (χ1) is 9.33. The molecule has 2 aromatic rings. The highest BCUT2D eigenvalue weighted by Gasteiger charge is 2.13. The smallest absolute Gasteiger partial charge is 0.0480 e. The molecular weight excluding hydrogens is 232 g/mol. The molecular formula is C17H24N2. The van der Waals surface area contributed by atoms with E-state index in [9.17, 15) is 0 Å². The highest BCUT2D eigenvalue weighted by molar-refractivity contribution is 5.80. The molecule has 3 rings (SSSR count). The van der Waals surface area contributed by atoms with Crippen LogP contribution in [0.5, 0.6) is 0 Å². The maximum Gasteiger partial charge on any atom is 0.0480 e. The molecule has 0 spiro atoms. The van der Waals surface area contributed by atoms with Crippen LogP contribution in [0.15, 0.2) is 30.5 Å². The second kappa shape index (κ2) is 5.79. The van der Waals surface area contributed by atoms with Crippen molar-refractivity contribution in [3.63, 3.8) is 0 Å². The summed E-state index contributed by atoms with van der Waals surface area (Å²) in [5.74, 6) is 0. The van der Waals surface area contributed by atoms with Crippen molar-refractivity contribution in [1.29, 1.82) is 0 Å². The molecule has 1 aromatic heterocycles. The van der Waals surface area contributed by atoms with Crippen molar-refractivity contribution in [3.05, 3.63) is 36.0 Å². The quantitative estimate of drug-likeness (QED) is 0.804. The average Bonchev–Trinajstić information content (AvgIpc) is 3.03. The SMILES string of the molecule is Cc1ccc2c(ccn2CCCNC2CCCC2)c1. The minimum absolute atomic E-state index is 0.795. The highest BCUT2D eigenvalue weighted by atomic mass is 15.0. The van der Waals surface area contributed by atoms with E-state index in [-0.39, 0.29) is 0 Å². The second-order valence-corrected chi connectivity index (χ2v) is 5.86. The molecule has 0 radical (unpaired) electrons. The van der Waals surface area contributed by atoms with E-state index in [0.717, 1.165) is 19.1 Å². The number of fused-ring (bicyclic) bond motifs is 1. The predicted molar refractivity (Wildman–Crippen MR) is 81.6 cm³/mol. The molecule has 1 aliphatic rings. The largest absolute Gasteiger partial charge is 0.347 e. The summed E-state index contributed by atoms with van der Waals surface area (Å²) in [6.07, 6.45) is 9.03. The van der Waals surface area contributed by atoms with Gasteiger partial charge in [0, 0.05) is 24.3 Å². The lowest BCUT2D eigenvalue weighted by atomic mass is 10.2. The van der Waals surface area contributed by atoms with E-state index in [1.54, 1.807) is 0 Å². The van der Waals surface area contributed by atoms with Crippen LogP contribution in [0, 0.1) is 6.92 Å². The molecule has 19 heavy (non-hydrogen) atoms. The maximum atomic E-state index is 3.69. The minimum atomic E-state index is 0.795. The lowest BCUT2D eigenvalue weighted by Crippen LogP contribution is -2.27. The molecule has 1 fully saturated rings. The van der Waals surface area contributed by atoms with Gasteiger partial charge in [-0.25, -0.2) is 0 Å². The average molecular weight is 256 g/mol. The van der Waals surface area contributed by atoms with Crippen molar-refractivity contribution in [2.45, 2.75) is 51.6 Å². The molecule has 0 amide bonds. The summed E-state index contributed by atoms with van der Waals surface area (Å²) in [5, 5.41) is 5.05. The Morgan fingerprint density at radius 3 is 2.89 bits per heavy atom. The summed E-state index contributed by atoms with van der Waals surface area (Å²) in [6, 6.07) is 9.74. The summed E-state index contributed by atoms with van der Waals surface area (Å²) in [7, 11) is 0. The van der Waals surface area contributed by atoms with Gasteiger partial charge < -0.3 is 9.88 Å². The molecule has 2 heteroatoms. The molecule has 1 saturated carbocycles. The fraction of sp³-hybridized carbons (Fsp3) is 0.529.